The van der Waals surface area contributed by atoms with Crippen molar-refractivity contribution in [1.82, 2.24) is 10.6 Å². The van der Waals surface area contributed by atoms with Crippen LogP contribution < -0.4 is 21.1 Å². The van der Waals surface area contributed by atoms with E-state index in [0.717, 1.165) is 0 Å². The van der Waals surface area contributed by atoms with Crippen molar-refractivity contribution < 1.29 is 19.1 Å². The van der Waals surface area contributed by atoms with Crippen LogP contribution >= 0.6 is 0 Å². The van der Waals surface area contributed by atoms with Crippen LogP contribution in [0.25, 0.3) is 0 Å². The van der Waals surface area contributed by atoms with Crippen molar-refractivity contribution in [3.63, 3.8) is 0 Å². The highest BCUT2D eigenvalue weighted by Gasteiger charge is 2.11. The van der Waals surface area contributed by atoms with E-state index in [-0.39, 0.29) is 17.9 Å². The van der Waals surface area contributed by atoms with Crippen LogP contribution in [-0.4, -0.2) is 31.0 Å². The highest BCUT2D eigenvalue weighted by Crippen LogP contribution is 2.16. The largest absolute Gasteiger partial charge is 0.483 e. The maximum absolute atomic E-state index is 11.4. The summed E-state index contributed by atoms with van der Waals surface area (Å²) in [4.78, 5) is 33.5. The summed E-state index contributed by atoms with van der Waals surface area (Å²) in [5.74, 6) is -1.08. The Kier molecular flexibility index (Phi) is 5.34. The lowest BCUT2D eigenvalue weighted by Crippen LogP contribution is -2.41. The third-order valence-electron chi connectivity index (χ3n) is 2.10. The van der Waals surface area contributed by atoms with Crippen LogP contribution in [0, 0.1) is 0 Å². The third-order valence-corrected chi connectivity index (χ3v) is 2.10. The monoisotopic (exact) mass is 265 g/mol. The summed E-state index contributed by atoms with van der Waals surface area (Å²) in [6, 6.07) is 5.67. The first kappa shape index (κ1) is 14.5. The van der Waals surface area contributed by atoms with Gasteiger partial charge in [0.15, 0.2) is 6.61 Å². The average molecular weight is 265 g/mol. The Bertz CT molecular complexity index is 488. The number of primary amides is 1. The lowest BCUT2D eigenvalue weighted by molar-refractivity contribution is -0.122. The highest BCUT2D eigenvalue weighted by molar-refractivity contribution is 5.96. The Morgan fingerprint density at radius 3 is 2.58 bits per heavy atom. The van der Waals surface area contributed by atoms with E-state index in [0.29, 0.717) is 6.54 Å². The van der Waals surface area contributed by atoms with Crippen molar-refractivity contribution in [1.29, 1.82) is 0 Å². The molecule has 0 unspecified atom stereocenters. The number of rotatable bonds is 5. The molecule has 7 nitrogen and oxygen atoms in total. The van der Waals surface area contributed by atoms with Gasteiger partial charge in [-0.3, -0.25) is 14.9 Å². The lowest BCUT2D eigenvalue weighted by atomic mass is 10.2. The Morgan fingerprint density at radius 2 is 1.95 bits per heavy atom. The van der Waals surface area contributed by atoms with Gasteiger partial charge in [-0.2, -0.15) is 0 Å². The van der Waals surface area contributed by atoms with Gasteiger partial charge in [-0.05, 0) is 19.1 Å². The summed E-state index contributed by atoms with van der Waals surface area (Å²) in [5, 5.41) is 4.47. The predicted molar refractivity (Wildman–Crippen MR) is 67.7 cm³/mol. The molecule has 0 aromatic heterocycles. The quantitative estimate of drug-likeness (QED) is 0.696. The molecular weight excluding hydrogens is 250 g/mol. The molecule has 0 aliphatic heterocycles. The summed E-state index contributed by atoms with van der Waals surface area (Å²) in [7, 11) is 0. The van der Waals surface area contributed by atoms with Crippen molar-refractivity contribution in [2.45, 2.75) is 6.92 Å². The zero-order valence-electron chi connectivity index (χ0n) is 10.4. The minimum atomic E-state index is -0.653. The van der Waals surface area contributed by atoms with E-state index >= 15 is 0 Å². The molecule has 0 aliphatic carbocycles. The number of hydrogen-bond donors (Lipinski definition) is 3. The van der Waals surface area contributed by atoms with Crippen molar-refractivity contribution >= 4 is 17.8 Å². The number of carbonyl (C=O) groups excluding carboxylic acids is 3. The SMILES string of the molecule is CCNC(=O)NC(=O)COc1ccccc1C(N)=O. The molecule has 0 atom stereocenters. The van der Waals surface area contributed by atoms with Gasteiger partial charge in [0.25, 0.3) is 11.8 Å². The van der Waals surface area contributed by atoms with Crippen LogP contribution in [0.2, 0.25) is 0 Å². The van der Waals surface area contributed by atoms with E-state index in [2.05, 4.69) is 10.6 Å². The molecule has 0 saturated heterocycles. The molecule has 4 N–H and O–H groups in total. The minimum Gasteiger partial charge on any atom is -0.483 e. The molecule has 0 aliphatic rings. The van der Waals surface area contributed by atoms with E-state index in [9.17, 15) is 14.4 Å². The normalized spacial score (nSPS) is 9.53. The average Bonchev–Trinajstić information content (AvgIpc) is 2.36. The van der Waals surface area contributed by atoms with Crippen LogP contribution in [-0.2, 0) is 4.79 Å². The summed E-state index contributed by atoms with van der Waals surface area (Å²) >= 11 is 0. The van der Waals surface area contributed by atoms with E-state index in [4.69, 9.17) is 10.5 Å². The lowest BCUT2D eigenvalue weighted by Gasteiger charge is -2.09. The molecule has 0 heterocycles. The first-order valence-corrected chi connectivity index (χ1v) is 5.64. The van der Waals surface area contributed by atoms with Gasteiger partial charge in [0.2, 0.25) is 0 Å². The van der Waals surface area contributed by atoms with Crippen molar-refractivity contribution in [3.8, 4) is 5.75 Å². The molecular formula is C12H15N3O4. The van der Waals surface area contributed by atoms with Gasteiger partial charge in [0, 0.05) is 6.54 Å². The summed E-state index contributed by atoms with van der Waals surface area (Å²) in [5.41, 5.74) is 5.33. The summed E-state index contributed by atoms with van der Waals surface area (Å²) < 4.78 is 5.15. The summed E-state index contributed by atoms with van der Waals surface area (Å²) in [6.45, 7) is 1.75. The number of ether oxygens (including phenoxy) is 1. The molecule has 1 rings (SSSR count). The number of hydrogen-bond acceptors (Lipinski definition) is 4. The molecule has 4 amide bonds. The second kappa shape index (κ2) is 7.00. The number of amides is 4. The fourth-order valence-electron chi connectivity index (χ4n) is 1.31. The fraction of sp³-hybridized carbons (Fsp3) is 0.250. The smallest absolute Gasteiger partial charge is 0.321 e. The van der Waals surface area contributed by atoms with Crippen molar-refractivity contribution in [2.75, 3.05) is 13.2 Å². The Morgan fingerprint density at radius 1 is 1.26 bits per heavy atom. The standard InChI is InChI=1S/C12H15N3O4/c1-2-14-12(18)15-10(16)7-19-9-6-4-3-5-8(9)11(13)17/h3-6H,2,7H2,1H3,(H2,13,17)(H2,14,15,16,18). The van der Waals surface area contributed by atoms with Gasteiger partial charge in [-0.15, -0.1) is 0 Å². The van der Waals surface area contributed by atoms with Gasteiger partial charge in [0.1, 0.15) is 5.75 Å². The molecule has 1 aromatic carbocycles. The Labute approximate surface area is 110 Å². The number of benzene rings is 1. The number of carbonyl (C=O) groups is 3. The van der Waals surface area contributed by atoms with E-state index < -0.39 is 17.8 Å². The zero-order chi connectivity index (χ0) is 14.3. The van der Waals surface area contributed by atoms with Crippen LogP contribution in [0.3, 0.4) is 0 Å². The van der Waals surface area contributed by atoms with E-state index in [1.54, 1.807) is 19.1 Å². The molecule has 0 fully saturated rings. The van der Waals surface area contributed by atoms with Crippen molar-refractivity contribution in [3.05, 3.63) is 29.8 Å². The molecule has 1 aromatic rings. The third kappa shape index (κ3) is 4.66. The molecule has 7 heteroatoms. The van der Waals surface area contributed by atoms with Gasteiger partial charge in [-0.1, -0.05) is 12.1 Å². The number of urea groups is 1. The minimum absolute atomic E-state index is 0.174. The van der Waals surface area contributed by atoms with Crippen LogP contribution in [0.15, 0.2) is 24.3 Å². The maximum Gasteiger partial charge on any atom is 0.321 e. The first-order chi connectivity index (χ1) is 9.04. The Balaban J connectivity index is 2.55. The summed E-state index contributed by atoms with van der Waals surface area (Å²) in [6.07, 6.45) is 0. The maximum atomic E-state index is 11.4. The van der Waals surface area contributed by atoms with Crippen LogP contribution in [0.5, 0.6) is 5.75 Å². The molecule has 0 spiro atoms. The number of para-hydroxylation sites is 1. The molecule has 0 saturated carbocycles. The number of nitrogens with two attached hydrogens (primary N) is 1. The van der Waals surface area contributed by atoms with E-state index in [1.807, 2.05) is 0 Å². The second-order valence-corrected chi connectivity index (χ2v) is 3.56. The van der Waals surface area contributed by atoms with Gasteiger partial charge >= 0.3 is 6.03 Å². The highest BCUT2D eigenvalue weighted by atomic mass is 16.5. The van der Waals surface area contributed by atoms with Gasteiger partial charge in [0.05, 0.1) is 5.56 Å². The molecule has 19 heavy (non-hydrogen) atoms. The van der Waals surface area contributed by atoms with E-state index in [1.165, 1.54) is 12.1 Å². The fourth-order valence-corrected chi connectivity index (χ4v) is 1.31. The van der Waals surface area contributed by atoms with Crippen molar-refractivity contribution in [2.24, 2.45) is 5.73 Å². The number of imide groups is 1. The van der Waals surface area contributed by atoms with Crippen LogP contribution in [0.1, 0.15) is 17.3 Å². The Hall–Kier alpha value is -2.57. The molecule has 102 valence electrons. The number of nitrogens with one attached hydrogen (secondary N) is 2. The molecule has 0 radical (unpaired) electrons. The van der Waals surface area contributed by atoms with Gasteiger partial charge in [-0.25, -0.2) is 4.79 Å². The van der Waals surface area contributed by atoms with Crippen LogP contribution in [0.4, 0.5) is 4.79 Å². The zero-order valence-corrected chi connectivity index (χ0v) is 10.4. The molecule has 0 bridgehead atoms. The first-order valence-electron chi connectivity index (χ1n) is 5.64. The topological polar surface area (TPSA) is 111 Å². The second-order valence-electron chi connectivity index (χ2n) is 3.56. The van der Waals surface area contributed by atoms with Gasteiger partial charge < -0.3 is 15.8 Å². The predicted octanol–water partition coefficient (Wildman–Crippen LogP) is 0.0100.